The summed E-state index contributed by atoms with van der Waals surface area (Å²) in [5.41, 5.74) is 3.88. The molecule has 0 aliphatic carbocycles. The summed E-state index contributed by atoms with van der Waals surface area (Å²) in [4.78, 5) is 33.9. The van der Waals surface area contributed by atoms with Crippen molar-refractivity contribution in [2.45, 2.75) is 59.5 Å². The lowest BCUT2D eigenvalue weighted by molar-refractivity contribution is -0.144. The van der Waals surface area contributed by atoms with Crippen LogP contribution >= 0.6 is 11.3 Å². The number of rotatable bonds is 4. The highest BCUT2D eigenvalue weighted by molar-refractivity contribution is 7.10. The Labute approximate surface area is 202 Å². The molecule has 0 N–H and O–H groups in total. The largest absolute Gasteiger partial charge is 0.339 e. The van der Waals surface area contributed by atoms with E-state index in [0.29, 0.717) is 32.6 Å². The van der Waals surface area contributed by atoms with Crippen LogP contribution in [0, 0.1) is 12.3 Å². The molecule has 33 heavy (non-hydrogen) atoms. The predicted molar refractivity (Wildman–Crippen MR) is 134 cm³/mol. The SMILES string of the molecule is Cc1ccccc1[C@@H]1c2ccsc2CCN1[C@H](C)C(=O)N1CCN(C(=O)CC(C)(C)C)CC1. The molecule has 0 bridgehead atoms. The zero-order chi connectivity index (χ0) is 23.8. The lowest BCUT2D eigenvalue weighted by Gasteiger charge is -2.43. The first-order valence-electron chi connectivity index (χ1n) is 12.1. The minimum Gasteiger partial charge on any atom is -0.339 e. The Balaban J connectivity index is 1.48. The van der Waals surface area contributed by atoms with E-state index in [9.17, 15) is 9.59 Å². The fraction of sp³-hybridized carbons (Fsp3) is 0.556. The summed E-state index contributed by atoms with van der Waals surface area (Å²) in [5.74, 6) is 0.374. The summed E-state index contributed by atoms with van der Waals surface area (Å²) in [6, 6.07) is 10.7. The van der Waals surface area contributed by atoms with Gasteiger partial charge in [0.2, 0.25) is 11.8 Å². The van der Waals surface area contributed by atoms with Crippen LogP contribution in [0.1, 0.15) is 61.7 Å². The van der Waals surface area contributed by atoms with Gasteiger partial charge in [-0.25, -0.2) is 0 Å². The van der Waals surface area contributed by atoms with Crippen LogP contribution in [0.5, 0.6) is 0 Å². The number of carbonyl (C=O) groups is 2. The van der Waals surface area contributed by atoms with E-state index in [0.717, 1.165) is 13.0 Å². The van der Waals surface area contributed by atoms with Crippen LogP contribution in [0.3, 0.4) is 0 Å². The second kappa shape index (κ2) is 9.59. The number of nitrogens with zero attached hydrogens (tertiary/aromatic N) is 3. The minimum absolute atomic E-state index is 0.0160. The molecule has 6 heteroatoms. The quantitative estimate of drug-likeness (QED) is 0.665. The summed E-state index contributed by atoms with van der Waals surface area (Å²) in [5, 5.41) is 2.18. The molecule has 1 saturated heterocycles. The van der Waals surface area contributed by atoms with Gasteiger partial charge in [-0.15, -0.1) is 11.3 Å². The molecule has 1 aromatic heterocycles. The van der Waals surface area contributed by atoms with Gasteiger partial charge in [-0.3, -0.25) is 14.5 Å². The van der Waals surface area contributed by atoms with Crippen molar-refractivity contribution in [3.8, 4) is 0 Å². The molecular formula is C27H37N3O2S. The third-order valence-electron chi connectivity index (χ3n) is 6.97. The summed E-state index contributed by atoms with van der Waals surface area (Å²) in [6.07, 6.45) is 1.54. The Kier molecular flexibility index (Phi) is 6.96. The van der Waals surface area contributed by atoms with Crippen LogP contribution in [-0.2, 0) is 16.0 Å². The highest BCUT2D eigenvalue weighted by Crippen LogP contribution is 2.40. The number of piperazine rings is 1. The van der Waals surface area contributed by atoms with Crippen molar-refractivity contribution >= 4 is 23.2 Å². The topological polar surface area (TPSA) is 43.9 Å². The molecule has 0 spiro atoms. The average Bonchev–Trinajstić information content (AvgIpc) is 3.26. The van der Waals surface area contributed by atoms with Crippen molar-refractivity contribution in [1.29, 1.82) is 0 Å². The minimum atomic E-state index is -0.209. The molecule has 3 heterocycles. The van der Waals surface area contributed by atoms with Crippen molar-refractivity contribution in [3.63, 3.8) is 0 Å². The number of benzene rings is 1. The molecule has 0 unspecified atom stereocenters. The molecule has 178 valence electrons. The molecule has 0 saturated carbocycles. The monoisotopic (exact) mass is 467 g/mol. The van der Waals surface area contributed by atoms with Gasteiger partial charge in [0.1, 0.15) is 0 Å². The first-order chi connectivity index (χ1) is 15.7. The molecule has 5 nitrogen and oxygen atoms in total. The van der Waals surface area contributed by atoms with E-state index in [1.807, 2.05) is 21.1 Å². The summed E-state index contributed by atoms with van der Waals surface area (Å²) in [6.45, 7) is 13.9. The number of thiophene rings is 1. The molecule has 4 rings (SSSR count). The Morgan fingerprint density at radius 3 is 2.33 bits per heavy atom. The second-order valence-electron chi connectivity index (χ2n) is 10.7. The van der Waals surface area contributed by atoms with Crippen molar-refractivity contribution in [1.82, 2.24) is 14.7 Å². The van der Waals surface area contributed by atoms with E-state index in [4.69, 9.17) is 0 Å². The van der Waals surface area contributed by atoms with Gasteiger partial charge in [-0.05, 0) is 53.8 Å². The van der Waals surface area contributed by atoms with Gasteiger partial charge in [0.15, 0.2) is 0 Å². The van der Waals surface area contributed by atoms with Gasteiger partial charge in [-0.1, -0.05) is 45.0 Å². The Bertz CT molecular complexity index is 1000. The normalized spacial score (nSPS) is 20.5. The van der Waals surface area contributed by atoms with Crippen molar-refractivity contribution < 1.29 is 9.59 Å². The van der Waals surface area contributed by atoms with Gasteiger partial charge >= 0.3 is 0 Å². The Morgan fingerprint density at radius 1 is 1.00 bits per heavy atom. The predicted octanol–water partition coefficient (Wildman–Crippen LogP) is 4.50. The van der Waals surface area contributed by atoms with E-state index >= 15 is 0 Å². The fourth-order valence-corrected chi connectivity index (χ4v) is 6.04. The average molecular weight is 468 g/mol. The Hall–Kier alpha value is -2.18. The van der Waals surface area contributed by atoms with Crippen molar-refractivity contribution in [2.75, 3.05) is 32.7 Å². The van der Waals surface area contributed by atoms with E-state index in [2.05, 4.69) is 75.2 Å². The molecule has 2 aromatic rings. The van der Waals surface area contributed by atoms with Crippen LogP contribution in [0.25, 0.3) is 0 Å². The third-order valence-corrected chi connectivity index (χ3v) is 7.96. The summed E-state index contributed by atoms with van der Waals surface area (Å²) in [7, 11) is 0. The van der Waals surface area contributed by atoms with Crippen molar-refractivity contribution in [3.05, 3.63) is 57.3 Å². The first kappa shape index (κ1) is 24.0. The molecule has 2 atom stereocenters. The van der Waals surface area contributed by atoms with Gasteiger partial charge in [0.05, 0.1) is 12.1 Å². The van der Waals surface area contributed by atoms with Gasteiger partial charge < -0.3 is 9.80 Å². The zero-order valence-corrected chi connectivity index (χ0v) is 21.5. The smallest absolute Gasteiger partial charge is 0.239 e. The summed E-state index contributed by atoms with van der Waals surface area (Å²) >= 11 is 1.83. The lowest BCUT2D eigenvalue weighted by atomic mass is 9.89. The molecular weight excluding hydrogens is 430 g/mol. The van der Waals surface area contributed by atoms with E-state index in [1.165, 1.54) is 21.6 Å². The molecule has 0 radical (unpaired) electrons. The zero-order valence-electron chi connectivity index (χ0n) is 20.6. The number of fused-ring (bicyclic) bond motifs is 1. The van der Waals surface area contributed by atoms with Crippen LogP contribution in [0.2, 0.25) is 0 Å². The number of hydrogen-bond donors (Lipinski definition) is 0. The molecule has 2 aliphatic rings. The van der Waals surface area contributed by atoms with Crippen LogP contribution in [0.15, 0.2) is 35.7 Å². The van der Waals surface area contributed by atoms with Crippen LogP contribution in [-0.4, -0.2) is 65.3 Å². The maximum Gasteiger partial charge on any atom is 0.239 e. The highest BCUT2D eigenvalue weighted by Gasteiger charge is 2.38. The molecule has 2 amide bonds. The number of hydrogen-bond acceptors (Lipinski definition) is 4. The van der Waals surface area contributed by atoms with Gasteiger partial charge in [-0.2, -0.15) is 0 Å². The fourth-order valence-electron chi connectivity index (χ4n) is 5.14. The first-order valence-corrected chi connectivity index (χ1v) is 13.0. The maximum atomic E-state index is 13.6. The second-order valence-corrected chi connectivity index (χ2v) is 11.7. The maximum absolute atomic E-state index is 13.6. The number of carbonyl (C=O) groups excluding carboxylic acids is 2. The summed E-state index contributed by atoms with van der Waals surface area (Å²) < 4.78 is 0. The van der Waals surface area contributed by atoms with Crippen molar-refractivity contribution in [2.24, 2.45) is 5.41 Å². The van der Waals surface area contributed by atoms with Gasteiger partial charge in [0.25, 0.3) is 0 Å². The molecule has 2 aliphatic heterocycles. The van der Waals surface area contributed by atoms with Gasteiger partial charge in [0, 0.05) is 44.0 Å². The molecule has 1 aromatic carbocycles. The van der Waals surface area contributed by atoms with Crippen LogP contribution < -0.4 is 0 Å². The standard InChI is InChI=1S/C27H37N3O2S/c1-19-8-6-7-9-21(19)25-22-11-17-33-23(22)10-12-30(25)20(2)26(32)29-15-13-28(14-16-29)24(31)18-27(3,4)5/h6-9,11,17,20,25H,10,12-16,18H2,1-5H3/t20-,25-/m1/s1. The van der Waals surface area contributed by atoms with E-state index in [1.54, 1.807) is 0 Å². The number of amides is 2. The van der Waals surface area contributed by atoms with Crippen LogP contribution in [0.4, 0.5) is 0 Å². The molecule has 1 fully saturated rings. The number of aryl methyl sites for hydroxylation is 1. The Morgan fingerprint density at radius 2 is 1.67 bits per heavy atom. The lowest BCUT2D eigenvalue weighted by Crippen LogP contribution is -2.56. The third kappa shape index (κ3) is 5.17. The van der Waals surface area contributed by atoms with E-state index < -0.39 is 0 Å². The van der Waals surface area contributed by atoms with E-state index in [-0.39, 0.29) is 29.3 Å². The highest BCUT2D eigenvalue weighted by atomic mass is 32.1.